The Hall–Kier alpha value is -2.71. The summed E-state index contributed by atoms with van der Waals surface area (Å²) in [6.45, 7) is 10.2. The van der Waals surface area contributed by atoms with Gasteiger partial charge in [0.15, 0.2) is 0 Å². The number of ether oxygens (including phenoxy) is 2. The van der Waals surface area contributed by atoms with Crippen molar-refractivity contribution >= 4 is 5.88 Å². The fourth-order valence-corrected chi connectivity index (χ4v) is 4.42. The molecule has 1 fully saturated rings. The second-order valence-corrected chi connectivity index (χ2v) is 9.85. The minimum atomic E-state index is -0.590. The summed E-state index contributed by atoms with van der Waals surface area (Å²) < 4.78 is 17.3. The van der Waals surface area contributed by atoms with Gasteiger partial charge in [-0.2, -0.15) is 0 Å². The summed E-state index contributed by atoms with van der Waals surface area (Å²) in [4.78, 5) is 4.53. The van der Waals surface area contributed by atoms with Gasteiger partial charge < -0.3 is 24.0 Å². The predicted molar refractivity (Wildman–Crippen MR) is 142 cm³/mol. The highest BCUT2D eigenvalue weighted by Gasteiger charge is 2.26. The largest absolute Gasteiger partial charge is 0.389 e. The zero-order chi connectivity index (χ0) is 25.2. The second-order valence-electron chi connectivity index (χ2n) is 9.85. The third kappa shape index (κ3) is 7.64. The molecule has 3 aromatic rings. The van der Waals surface area contributed by atoms with Crippen LogP contribution in [0, 0.1) is 5.92 Å². The lowest BCUT2D eigenvalue weighted by Gasteiger charge is -2.29. The van der Waals surface area contributed by atoms with E-state index in [1.807, 2.05) is 48.5 Å². The van der Waals surface area contributed by atoms with E-state index in [1.165, 1.54) is 0 Å². The van der Waals surface area contributed by atoms with E-state index >= 15 is 0 Å². The Morgan fingerprint density at radius 3 is 2.42 bits per heavy atom. The van der Waals surface area contributed by atoms with Gasteiger partial charge in [0.25, 0.3) is 0 Å². The van der Waals surface area contributed by atoms with E-state index in [2.05, 4.69) is 40.9 Å². The molecule has 0 aliphatic carbocycles. The first-order chi connectivity index (χ1) is 17.6. The van der Waals surface area contributed by atoms with Crippen molar-refractivity contribution in [2.45, 2.75) is 39.5 Å². The fraction of sp³-hybridized carbons (Fsp3) is 0.483. The molecule has 1 aliphatic heterocycles. The topological polar surface area (TPSA) is 71.2 Å². The second kappa shape index (κ2) is 13.6. The molecule has 0 unspecified atom stereocenters. The first-order valence-electron chi connectivity index (χ1n) is 13.0. The Kier molecular flexibility index (Phi) is 9.93. The molecule has 4 rings (SSSR count). The average molecular weight is 494 g/mol. The van der Waals surface area contributed by atoms with Crippen LogP contribution >= 0.6 is 0 Å². The molecule has 1 N–H and O–H groups in total. The third-order valence-corrected chi connectivity index (χ3v) is 6.41. The summed E-state index contributed by atoms with van der Waals surface area (Å²) in [5, 5.41) is 15.4. The van der Waals surface area contributed by atoms with Gasteiger partial charge in [-0.25, -0.2) is 0 Å². The molecule has 7 nitrogen and oxygen atoms in total. The van der Waals surface area contributed by atoms with Crippen molar-refractivity contribution in [1.29, 1.82) is 0 Å². The molecule has 194 valence electrons. The molecular formula is C29H39N3O4. The lowest BCUT2D eigenvalue weighted by atomic mass is 10.1. The number of aromatic nitrogens is 1. The van der Waals surface area contributed by atoms with E-state index in [9.17, 15) is 5.11 Å². The standard InChI is InChI=1S/C29H39N3O4/c1-23(2)13-14-31(19-26(33)22-35-21-24-9-5-3-6-10-24)20-27-28(25-11-7-4-8-12-25)30-36-29(27)32-15-17-34-18-16-32/h3-12,23,26,33H,13-22H2,1-2H3/t26-/m0/s1. The molecule has 1 saturated heterocycles. The Balaban J connectivity index is 1.49. The van der Waals surface area contributed by atoms with Crippen LogP contribution in [0.4, 0.5) is 5.88 Å². The number of nitrogens with zero attached hydrogens (tertiary/aromatic N) is 3. The van der Waals surface area contributed by atoms with Crippen LogP contribution in [0.15, 0.2) is 65.2 Å². The molecule has 0 amide bonds. The maximum absolute atomic E-state index is 10.9. The van der Waals surface area contributed by atoms with Crippen molar-refractivity contribution in [2.24, 2.45) is 5.92 Å². The number of rotatable bonds is 13. The Bertz CT molecular complexity index is 1020. The van der Waals surface area contributed by atoms with Gasteiger partial charge in [-0.15, -0.1) is 0 Å². The first-order valence-corrected chi connectivity index (χ1v) is 13.0. The molecule has 1 atom stereocenters. The summed E-state index contributed by atoms with van der Waals surface area (Å²) in [6.07, 6.45) is 0.448. The van der Waals surface area contributed by atoms with Gasteiger partial charge >= 0.3 is 0 Å². The van der Waals surface area contributed by atoms with Crippen LogP contribution in [0.3, 0.4) is 0 Å². The van der Waals surface area contributed by atoms with Crippen molar-refractivity contribution in [1.82, 2.24) is 10.1 Å². The van der Waals surface area contributed by atoms with Gasteiger partial charge in [-0.3, -0.25) is 4.90 Å². The number of hydrogen-bond acceptors (Lipinski definition) is 7. The monoisotopic (exact) mass is 493 g/mol. The summed E-state index contributed by atoms with van der Waals surface area (Å²) in [6, 6.07) is 20.2. The van der Waals surface area contributed by atoms with E-state index < -0.39 is 6.10 Å². The van der Waals surface area contributed by atoms with Gasteiger partial charge in [0, 0.05) is 31.7 Å². The Morgan fingerprint density at radius 1 is 1.03 bits per heavy atom. The lowest BCUT2D eigenvalue weighted by Crippen LogP contribution is -2.38. The number of anilines is 1. The zero-order valence-corrected chi connectivity index (χ0v) is 21.5. The van der Waals surface area contributed by atoms with Crippen LogP contribution in [0.2, 0.25) is 0 Å². The van der Waals surface area contributed by atoms with Crippen molar-refractivity contribution in [3.8, 4) is 11.3 Å². The Labute approximate surface area is 214 Å². The van der Waals surface area contributed by atoms with E-state index in [-0.39, 0.29) is 0 Å². The predicted octanol–water partition coefficient (Wildman–Crippen LogP) is 4.60. The summed E-state index contributed by atoms with van der Waals surface area (Å²) >= 11 is 0. The van der Waals surface area contributed by atoms with E-state index in [1.54, 1.807) is 0 Å². The number of hydrogen-bond donors (Lipinski definition) is 1. The van der Waals surface area contributed by atoms with Gasteiger partial charge in [0.1, 0.15) is 5.69 Å². The van der Waals surface area contributed by atoms with Gasteiger partial charge in [0.05, 0.1) is 38.1 Å². The number of benzene rings is 2. The maximum Gasteiger partial charge on any atom is 0.232 e. The molecule has 2 heterocycles. The average Bonchev–Trinajstić information content (AvgIpc) is 3.32. The van der Waals surface area contributed by atoms with Crippen LogP contribution in [0.25, 0.3) is 11.3 Å². The summed E-state index contributed by atoms with van der Waals surface area (Å²) in [5.41, 5.74) is 4.06. The van der Waals surface area contributed by atoms with Crippen molar-refractivity contribution in [3.05, 3.63) is 71.8 Å². The van der Waals surface area contributed by atoms with E-state index in [0.717, 1.165) is 54.3 Å². The molecule has 36 heavy (non-hydrogen) atoms. The molecule has 2 aromatic carbocycles. The quantitative estimate of drug-likeness (QED) is 0.373. The molecule has 7 heteroatoms. The Morgan fingerprint density at radius 2 is 1.72 bits per heavy atom. The molecule has 0 saturated carbocycles. The first kappa shape index (κ1) is 26.4. The number of morpholine rings is 1. The van der Waals surface area contributed by atoms with Gasteiger partial charge in [-0.1, -0.05) is 79.7 Å². The summed E-state index contributed by atoms with van der Waals surface area (Å²) in [5.74, 6) is 1.37. The molecule has 0 radical (unpaired) electrons. The highest BCUT2D eigenvalue weighted by Crippen LogP contribution is 2.33. The van der Waals surface area contributed by atoms with Crippen molar-refractivity contribution in [3.63, 3.8) is 0 Å². The van der Waals surface area contributed by atoms with Crippen LogP contribution in [-0.4, -0.2) is 67.3 Å². The summed E-state index contributed by atoms with van der Waals surface area (Å²) in [7, 11) is 0. The molecule has 1 aliphatic rings. The minimum Gasteiger partial charge on any atom is -0.389 e. The van der Waals surface area contributed by atoms with Crippen molar-refractivity contribution in [2.75, 3.05) is 50.9 Å². The van der Waals surface area contributed by atoms with Crippen molar-refractivity contribution < 1.29 is 19.1 Å². The molecular weight excluding hydrogens is 454 g/mol. The zero-order valence-electron chi connectivity index (χ0n) is 21.5. The molecule has 0 bridgehead atoms. The van der Waals surface area contributed by atoms with E-state index in [4.69, 9.17) is 14.0 Å². The highest BCUT2D eigenvalue weighted by molar-refractivity contribution is 5.68. The minimum absolute atomic E-state index is 0.290. The smallest absolute Gasteiger partial charge is 0.232 e. The SMILES string of the molecule is CC(C)CCN(Cc1c(-c2ccccc2)noc1N1CCOCC1)C[C@H](O)COCc1ccccc1. The molecule has 0 spiro atoms. The fourth-order valence-electron chi connectivity index (χ4n) is 4.42. The third-order valence-electron chi connectivity index (χ3n) is 6.41. The van der Waals surface area contributed by atoms with Crippen LogP contribution in [0.1, 0.15) is 31.4 Å². The van der Waals surface area contributed by atoms with Crippen LogP contribution < -0.4 is 4.90 Å². The van der Waals surface area contributed by atoms with Gasteiger partial charge in [0.2, 0.25) is 5.88 Å². The van der Waals surface area contributed by atoms with Crippen LogP contribution in [0.5, 0.6) is 0 Å². The van der Waals surface area contributed by atoms with Gasteiger partial charge in [-0.05, 0) is 24.4 Å². The normalized spacial score (nSPS) is 15.1. The van der Waals surface area contributed by atoms with Crippen LogP contribution in [-0.2, 0) is 22.6 Å². The number of aliphatic hydroxyl groups is 1. The lowest BCUT2D eigenvalue weighted by molar-refractivity contribution is 0.00790. The maximum atomic E-state index is 10.9. The number of aliphatic hydroxyl groups excluding tert-OH is 1. The highest BCUT2D eigenvalue weighted by atomic mass is 16.5. The van der Waals surface area contributed by atoms with E-state index in [0.29, 0.717) is 45.4 Å². The molecule has 1 aromatic heterocycles.